The molecule has 2 atom stereocenters. The number of hydrogen-bond donors (Lipinski definition) is 2. The molecule has 0 radical (unpaired) electrons. The Morgan fingerprint density at radius 3 is 2.65 bits per heavy atom. The van der Waals surface area contributed by atoms with Gasteiger partial charge < -0.3 is 10.4 Å². The quantitative estimate of drug-likeness (QED) is 0.900. The Morgan fingerprint density at radius 2 is 2.10 bits per heavy atom. The number of carbonyl (C=O) groups excluding carboxylic acids is 1. The van der Waals surface area contributed by atoms with E-state index in [-0.39, 0.29) is 12.0 Å². The van der Waals surface area contributed by atoms with Crippen molar-refractivity contribution < 1.29 is 9.90 Å². The van der Waals surface area contributed by atoms with Crippen molar-refractivity contribution in [3.63, 3.8) is 0 Å². The van der Waals surface area contributed by atoms with Crippen LogP contribution in [0.25, 0.3) is 0 Å². The molecule has 5 heteroatoms. The summed E-state index contributed by atoms with van der Waals surface area (Å²) in [6.07, 6.45) is 0.634. The number of anilines is 1. The normalized spacial score (nSPS) is 23.9. The maximum Gasteiger partial charge on any atom is 0.239 e. The number of piperidine rings is 1. The first-order chi connectivity index (χ1) is 9.38. The third-order valence-corrected chi connectivity index (χ3v) is 5.53. The highest BCUT2D eigenvalue weighted by atomic mass is 32.1. The van der Waals surface area contributed by atoms with Crippen LogP contribution in [0.1, 0.15) is 29.3 Å². The van der Waals surface area contributed by atoms with Crippen LogP contribution in [0.2, 0.25) is 0 Å². The average molecular weight is 296 g/mol. The van der Waals surface area contributed by atoms with Crippen molar-refractivity contribution in [3.05, 3.63) is 16.0 Å². The standard InChI is InChI=1S/C15H24N2O2S/c1-9-5-6-17(7-13(9)18)8-14(19)16-15-11(3)10(2)12(4)20-15/h9,13,18H,5-8H2,1-4H3,(H,16,19). The molecule has 1 aliphatic heterocycles. The van der Waals surface area contributed by atoms with E-state index >= 15 is 0 Å². The molecule has 2 N–H and O–H groups in total. The van der Waals surface area contributed by atoms with Crippen molar-refractivity contribution in [3.8, 4) is 0 Å². The maximum atomic E-state index is 12.1. The van der Waals surface area contributed by atoms with Crippen molar-refractivity contribution in [2.75, 3.05) is 25.0 Å². The molecule has 2 unspecified atom stereocenters. The van der Waals surface area contributed by atoms with Gasteiger partial charge in [-0.1, -0.05) is 6.92 Å². The van der Waals surface area contributed by atoms with Gasteiger partial charge >= 0.3 is 0 Å². The summed E-state index contributed by atoms with van der Waals surface area (Å²) < 4.78 is 0. The first-order valence-electron chi connectivity index (χ1n) is 7.15. The predicted octanol–water partition coefficient (Wildman–Crippen LogP) is 2.31. The van der Waals surface area contributed by atoms with Gasteiger partial charge in [0.2, 0.25) is 5.91 Å². The van der Waals surface area contributed by atoms with Gasteiger partial charge in [0, 0.05) is 11.4 Å². The Labute approximate surface area is 124 Å². The molecule has 1 fully saturated rings. The second-order valence-corrected chi connectivity index (χ2v) is 7.08. The minimum Gasteiger partial charge on any atom is -0.392 e. The fraction of sp³-hybridized carbons (Fsp3) is 0.667. The van der Waals surface area contributed by atoms with E-state index in [4.69, 9.17) is 0 Å². The van der Waals surface area contributed by atoms with Crippen molar-refractivity contribution in [2.24, 2.45) is 5.92 Å². The van der Waals surface area contributed by atoms with E-state index in [1.54, 1.807) is 11.3 Å². The van der Waals surface area contributed by atoms with Gasteiger partial charge in [0.1, 0.15) is 0 Å². The first kappa shape index (κ1) is 15.5. The summed E-state index contributed by atoms with van der Waals surface area (Å²) in [5, 5.41) is 13.8. The van der Waals surface area contributed by atoms with E-state index < -0.39 is 0 Å². The van der Waals surface area contributed by atoms with Crippen LogP contribution in [-0.2, 0) is 4.79 Å². The molecule has 1 saturated heterocycles. The Balaban J connectivity index is 1.91. The van der Waals surface area contributed by atoms with Crippen LogP contribution in [-0.4, -0.2) is 41.7 Å². The molecule has 1 aliphatic rings. The molecule has 112 valence electrons. The van der Waals surface area contributed by atoms with E-state index in [0.29, 0.717) is 19.0 Å². The Kier molecular flexibility index (Phi) is 4.83. The van der Waals surface area contributed by atoms with Crippen LogP contribution >= 0.6 is 11.3 Å². The van der Waals surface area contributed by atoms with E-state index in [1.807, 2.05) is 11.8 Å². The smallest absolute Gasteiger partial charge is 0.239 e. The number of nitrogens with zero attached hydrogens (tertiary/aromatic N) is 1. The lowest BCUT2D eigenvalue weighted by Crippen LogP contribution is -2.45. The molecule has 2 heterocycles. The van der Waals surface area contributed by atoms with Crippen LogP contribution < -0.4 is 5.32 Å². The van der Waals surface area contributed by atoms with Gasteiger partial charge in [0.15, 0.2) is 0 Å². The molecule has 0 spiro atoms. The fourth-order valence-corrected chi connectivity index (χ4v) is 3.57. The van der Waals surface area contributed by atoms with E-state index in [0.717, 1.165) is 23.5 Å². The lowest BCUT2D eigenvalue weighted by Gasteiger charge is -2.33. The lowest BCUT2D eigenvalue weighted by atomic mass is 9.96. The maximum absolute atomic E-state index is 12.1. The van der Waals surface area contributed by atoms with Crippen LogP contribution in [0.3, 0.4) is 0 Å². The molecule has 1 aromatic heterocycles. The highest BCUT2D eigenvalue weighted by Crippen LogP contribution is 2.31. The zero-order chi connectivity index (χ0) is 14.9. The van der Waals surface area contributed by atoms with Gasteiger partial charge in [0.05, 0.1) is 17.6 Å². The van der Waals surface area contributed by atoms with Gasteiger partial charge in [-0.25, -0.2) is 0 Å². The van der Waals surface area contributed by atoms with Crippen molar-refractivity contribution in [2.45, 2.75) is 40.2 Å². The summed E-state index contributed by atoms with van der Waals surface area (Å²) in [6, 6.07) is 0. The summed E-state index contributed by atoms with van der Waals surface area (Å²) in [4.78, 5) is 15.4. The molecule has 4 nitrogen and oxygen atoms in total. The van der Waals surface area contributed by atoms with E-state index in [9.17, 15) is 9.90 Å². The topological polar surface area (TPSA) is 52.6 Å². The van der Waals surface area contributed by atoms with Crippen molar-refractivity contribution in [1.29, 1.82) is 0 Å². The Morgan fingerprint density at radius 1 is 1.40 bits per heavy atom. The zero-order valence-electron chi connectivity index (χ0n) is 12.7. The number of hydrogen-bond acceptors (Lipinski definition) is 4. The van der Waals surface area contributed by atoms with Crippen molar-refractivity contribution in [1.82, 2.24) is 4.90 Å². The highest BCUT2D eigenvalue weighted by Gasteiger charge is 2.25. The number of aliphatic hydroxyl groups excluding tert-OH is 1. The first-order valence-corrected chi connectivity index (χ1v) is 7.97. The summed E-state index contributed by atoms with van der Waals surface area (Å²) in [5.74, 6) is 0.343. The second kappa shape index (κ2) is 6.24. The minimum absolute atomic E-state index is 0.0103. The fourth-order valence-electron chi connectivity index (χ4n) is 2.49. The SMILES string of the molecule is Cc1sc(NC(=O)CN2CCC(C)C(O)C2)c(C)c1C. The number of aryl methyl sites for hydroxylation is 1. The van der Waals surface area contributed by atoms with Crippen LogP contribution in [0.5, 0.6) is 0 Å². The van der Waals surface area contributed by atoms with E-state index in [2.05, 4.69) is 26.1 Å². The molecule has 0 aliphatic carbocycles. The van der Waals surface area contributed by atoms with Gasteiger partial charge in [0.25, 0.3) is 0 Å². The number of carbonyl (C=O) groups is 1. The van der Waals surface area contributed by atoms with Gasteiger partial charge in [-0.05, 0) is 50.8 Å². The molecule has 0 aromatic carbocycles. The summed E-state index contributed by atoms with van der Waals surface area (Å²) in [5.41, 5.74) is 2.42. The molecule has 20 heavy (non-hydrogen) atoms. The number of amides is 1. The van der Waals surface area contributed by atoms with Gasteiger partial charge in [-0.2, -0.15) is 0 Å². The molecule has 1 amide bonds. The number of nitrogens with one attached hydrogen (secondary N) is 1. The van der Waals surface area contributed by atoms with Crippen LogP contribution in [0.4, 0.5) is 5.00 Å². The minimum atomic E-state index is -0.315. The third-order valence-electron chi connectivity index (χ3n) is 4.31. The number of thiophene rings is 1. The molecular formula is C15H24N2O2S. The number of rotatable bonds is 3. The lowest BCUT2D eigenvalue weighted by molar-refractivity contribution is -0.118. The van der Waals surface area contributed by atoms with Crippen LogP contribution in [0.15, 0.2) is 0 Å². The number of aliphatic hydroxyl groups is 1. The molecule has 2 rings (SSSR count). The Hall–Kier alpha value is -0.910. The Bertz CT molecular complexity index is 498. The summed E-state index contributed by atoms with van der Waals surface area (Å²) in [6.45, 7) is 10.1. The van der Waals surface area contributed by atoms with Gasteiger partial charge in [-0.15, -0.1) is 11.3 Å². The van der Waals surface area contributed by atoms with E-state index in [1.165, 1.54) is 10.4 Å². The monoisotopic (exact) mass is 296 g/mol. The highest BCUT2D eigenvalue weighted by molar-refractivity contribution is 7.16. The average Bonchev–Trinajstić information content (AvgIpc) is 2.61. The second-order valence-electron chi connectivity index (χ2n) is 5.85. The molecule has 0 saturated carbocycles. The van der Waals surface area contributed by atoms with Crippen LogP contribution in [0, 0.1) is 26.7 Å². The van der Waals surface area contributed by atoms with Crippen molar-refractivity contribution >= 4 is 22.2 Å². The number of β-amino-alcohol motifs (C(OH)–C–C–N with tert-alkyl or cyclic N) is 1. The largest absolute Gasteiger partial charge is 0.392 e. The molecule has 0 bridgehead atoms. The summed E-state index contributed by atoms with van der Waals surface area (Å²) >= 11 is 1.63. The zero-order valence-corrected chi connectivity index (χ0v) is 13.5. The third kappa shape index (κ3) is 3.40. The van der Waals surface area contributed by atoms with Gasteiger partial charge in [-0.3, -0.25) is 9.69 Å². The molecular weight excluding hydrogens is 272 g/mol. The predicted molar refractivity (Wildman–Crippen MR) is 83.4 cm³/mol. The number of likely N-dealkylation sites (tertiary alicyclic amines) is 1. The molecule has 1 aromatic rings. The summed E-state index contributed by atoms with van der Waals surface area (Å²) in [7, 11) is 0.